The van der Waals surface area contributed by atoms with Crippen LogP contribution in [0, 0.1) is 11.8 Å². The predicted molar refractivity (Wildman–Crippen MR) is 189 cm³/mol. The summed E-state index contributed by atoms with van der Waals surface area (Å²) in [6, 6.07) is 30.9. The van der Waals surface area contributed by atoms with Crippen molar-refractivity contribution in [3.63, 3.8) is 0 Å². The Morgan fingerprint density at radius 3 is 1.76 bits per heavy atom. The quantitative estimate of drug-likeness (QED) is 0.176. The van der Waals surface area contributed by atoms with Crippen molar-refractivity contribution in [1.29, 1.82) is 0 Å². The number of carbonyl (C=O) groups excluding carboxylic acids is 2. The number of aromatic amines is 2. The lowest BCUT2D eigenvalue weighted by Crippen LogP contribution is -2.31. The Morgan fingerprint density at radius 2 is 1.16 bits per heavy atom. The van der Waals surface area contributed by atoms with Crippen molar-refractivity contribution in [3.8, 4) is 11.8 Å². The zero-order valence-corrected chi connectivity index (χ0v) is 27.5. The Morgan fingerprint density at radius 1 is 0.640 bits per heavy atom. The molecule has 2 N–H and O–H groups in total. The molecule has 6 aromatic rings. The highest BCUT2D eigenvalue weighted by atomic mass is 16.6. The van der Waals surface area contributed by atoms with E-state index in [-0.39, 0.29) is 37.5 Å². The molecule has 2 aromatic heterocycles. The van der Waals surface area contributed by atoms with Gasteiger partial charge in [0.25, 0.3) is 0 Å². The van der Waals surface area contributed by atoms with Gasteiger partial charge in [-0.05, 0) is 73.2 Å². The largest absolute Gasteiger partial charge is 0.445 e. The Balaban J connectivity index is 0.938. The number of benzene rings is 4. The molecule has 4 heterocycles. The number of imidazole rings is 2. The van der Waals surface area contributed by atoms with Gasteiger partial charge in [-0.3, -0.25) is 9.80 Å². The van der Waals surface area contributed by atoms with Crippen LogP contribution in [0.5, 0.6) is 0 Å². The van der Waals surface area contributed by atoms with Crippen molar-refractivity contribution < 1.29 is 19.1 Å². The molecule has 250 valence electrons. The summed E-state index contributed by atoms with van der Waals surface area (Å²) in [7, 11) is 0. The van der Waals surface area contributed by atoms with Gasteiger partial charge in [0.05, 0.1) is 34.2 Å². The number of hydrogen-bond donors (Lipinski definition) is 2. The highest BCUT2D eigenvalue weighted by Crippen LogP contribution is 2.33. The molecule has 10 nitrogen and oxygen atoms in total. The fraction of sp³-hybridized carbons (Fsp3) is 0.250. The van der Waals surface area contributed by atoms with Gasteiger partial charge in [0.15, 0.2) is 0 Å². The highest BCUT2D eigenvalue weighted by Gasteiger charge is 2.34. The van der Waals surface area contributed by atoms with Crippen LogP contribution in [0.3, 0.4) is 0 Å². The van der Waals surface area contributed by atoms with Crippen molar-refractivity contribution in [1.82, 2.24) is 29.7 Å². The number of hydrogen-bond acceptors (Lipinski definition) is 6. The SMILES string of the molecule is O=C(OCc1ccccc1)N1CCC[C@H]1c1nc2cc(C#Cc3ccc4nc([C@@H]5CCCN5C(=O)OCc5ccccc5)[nH]c4c3)ccc2[nH]1. The van der Waals surface area contributed by atoms with Gasteiger partial charge >= 0.3 is 12.2 Å². The molecule has 2 aliphatic rings. The first-order valence-corrected chi connectivity index (χ1v) is 17.0. The number of rotatable bonds is 6. The second-order valence-corrected chi connectivity index (χ2v) is 12.7. The summed E-state index contributed by atoms with van der Waals surface area (Å²) in [5, 5.41) is 0. The maximum Gasteiger partial charge on any atom is 0.410 e. The number of H-pyrrole nitrogens is 2. The van der Waals surface area contributed by atoms with E-state index in [0.717, 1.165) is 81.7 Å². The number of carbonyl (C=O) groups is 2. The molecule has 2 aliphatic heterocycles. The van der Waals surface area contributed by atoms with Gasteiger partial charge in [0, 0.05) is 24.2 Å². The van der Waals surface area contributed by atoms with Gasteiger partial charge < -0.3 is 19.4 Å². The Hall–Kier alpha value is -6.08. The highest BCUT2D eigenvalue weighted by molar-refractivity contribution is 5.79. The molecule has 2 saturated heterocycles. The summed E-state index contributed by atoms with van der Waals surface area (Å²) >= 11 is 0. The number of amides is 2. The van der Waals surface area contributed by atoms with Crippen LogP contribution >= 0.6 is 0 Å². The third-order valence-corrected chi connectivity index (χ3v) is 9.37. The van der Waals surface area contributed by atoms with Crippen molar-refractivity contribution in [2.24, 2.45) is 0 Å². The van der Waals surface area contributed by atoms with Gasteiger partial charge in [0.1, 0.15) is 24.9 Å². The van der Waals surface area contributed by atoms with E-state index < -0.39 is 0 Å². The topological polar surface area (TPSA) is 116 Å². The van der Waals surface area contributed by atoms with E-state index >= 15 is 0 Å². The molecule has 0 unspecified atom stereocenters. The van der Waals surface area contributed by atoms with Crippen LogP contribution in [0.4, 0.5) is 9.59 Å². The molecule has 10 heteroatoms. The molecule has 0 spiro atoms. The van der Waals surface area contributed by atoms with E-state index in [0.29, 0.717) is 13.1 Å². The molecule has 0 saturated carbocycles. The summed E-state index contributed by atoms with van der Waals surface area (Å²) in [6.07, 6.45) is 2.77. The van der Waals surface area contributed by atoms with Crippen LogP contribution < -0.4 is 0 Å². The second kappa shape index (κ2) is 13.8. The molecule has 0 bridgehead atoms. The summed E-state index contributed by atoms with van der Waals surface area (Å²) < 4.78 is 11.2. The zero-order valence-electron chi connectivity index (χ0n) is 27.5. The molecule has 8 rings (SSSR count). The van der Waals surface area contributed by atoms with Crippen LogP contribution in [-0.4, -0.2) is 55.0 Å². The average Bonchev–Trinajstić information content (AvgIpc) is 3.98. The summed E-state index contributed by atoms with van der Waals surface area (Å²) in [6.45, 7) is 1.75. The van der Waals surface area contributed by atoms with E-state index in [1.807, 2.05) is 97.1 Å². The van der Waals surface area contributed by atoms with Crippen molar-refractivity contribution in [2.45, 2.75) is 51.0 Å². The first-order valence-electron chi connectivity index (χ1n) is 17.0. The molecule has 2 atom stereocenters. The van der Waals surface area contributed by atoms with E-state index in [1.165, 1.54) is 0 Å². The first kappa shape index (κ1) is 31.2. The van der Waals surface area contributed by atoms with Crippen molar-refractivity contribution in [2.75, 3.05) is 13.1 Å². The van der Waals surface area contributed by atoms with Gasteiger partial charge in [-0.2, -0.15) is 0 Å². The summed E-state index contributed by atoms with van der Waals surface area (Å²) in [4.78, 5) is 46.0. The van der Waals surface area contributed by atoms with Gasteiger partial charge in [-0.1, -0.05) is 72.5 Å². The zero-order chi connectivity index (χ0) is 33.9. The summed E-state index contributed by atoms with van der Waals surface area (Å²) in [5.74, 6) is 8.06. The number of nitrogens with zero attached hydrogens (tertiary/aromatic N) is 4. The molecule has 2 amide bonds. The van der Waals surface area contributed by atoms with E-state index in [4.69, 9.17) is 19.4 Å². The molecule has 4 aromatic carbocycles. The van der Waals surface area contributed by atoms with E-state index in [2.05, 4.69) is 21.8 Å². The Labute approximate surface area is 289 Å². The molecule has 0 radical (unpaired) electrons. The maximum atomic E-state index is 13.0. The number of ether oxygens (including phenoxy) is 2. The minimum absolute atomic E-state index is 0.164. The van der Waals surface area contributed by atoms with Crippen LogP contribution in [0.25, 0.3) is 22.1 Å². The number of likely N-dealkylation sites (tertiary alicyclic amines) is 2. The molecular weight excluding hydrogens is 628 g/mol. The minimum atomic E-state index is -0.328. The number of nitrogens with one attached hydrogen (secondary N) is 2. The van der Waals surface area contributed by atoms with E-state index in [1.54, 1.807) is 9.80 Å². The van der Waals surface area contributed by atoms with Crippen LogP contribution in [0.1, 0.15) is 71.7 Å². The number of fused-ring (bicyclic) bond motifs is 2. The van der Waals surface area contributed by atoms with Crippen LogP contribution in [0.15, 0.2) is 97.1 Å². The van der Waals surface area contributed by atoms with Gasteiger partial charge in [-0.15, -0.1) is 0 Å². The molecular formula is C40H36N6O4. The lowest BCUT2D eigenvalue weighted by molar-refractivity contribution is 0.0903. The number of aromatic nitrogens is 4. The van der Waals surface area contributed by atoms with Crippen molar-refractivity contribution >= 4 is 34.3 Å². The third-order valence-electron chi connectivity index (χ3n) is 9.37. The standard InChI is InChI=1S/C40H36N6O4/c47-39(49-25-29-9-3-1-4-10-29)45-21-7-13-35(45)37-41-31-19-17-27(23-33(31)43-37)15-16-28-18-20-32-34(24-28)44-38(42-32)36-14-8-22-46(36)40(48)50-26-30-11-5-2-6-12-30/h1-6,9-12,17-20,23-24,35-36H,7-8,13-14,21-22,25-26H2,(H,41,43)(H,42,44)/t35-,36-/m0/s1. The fourth-order valence-electron chi connectivity index (χ4n) is 6.81. The maximum absolute atomic E-state index is 13.0. The average molecular weight is 665 g/mol. The van der Waals surface area contributed by atoms with Gasteiger partial charge in [-0.25, -0.2) is 19.6 Å². The monoisotopic (exact) mass is 664 g/mol. The third kappa shape index (κ3) is 6.63. The first-order chi connectivity index (χ1) is 24.6. The summed E-state index contributed by atoms with van der Waals surface area (Å²) in [5.41, 5.74) is 6.98. The molecule has 2 fully saturated rings. The Bertz CT molecular complexity index is 2060. The van der Waals surface area contributed by atoms with Crippen LogP contribution in [0.2, 0.25) is 0 Å². The normalized spacial score (nSPS) is 17.2. The molecule has 0 aliphatic carbocycles. The second-order valence-electron chi connectivity index (χ2n) is 12.7. The molecule has 50 heavy (non-hydrogen) atoms. The minimum Gasteiger partial charge on any atom is -0.445 e. The fourth-order valence-corrected chi connectivity index (χ4v) is 6.81. The Kier molecular flexibility index (Phi) is 8.61. The van der Waals surface area contributed by atoms with Crippen LogP contribution in [-0.2, 0) is 22.7 Å². The predicted octanol–water partition coefficient (Wildman–Crippen LogP) is 7.79. The lowest BCUT2D eigenvalue weighted by Gasteiger charge is -2.22. The lowest BCUT2D eigenvalue weighted by atomic mass is 10.1. The smallest absolute Gasteiger partial charge is 0.410 e. The van der Waals surface area contributed by atoms with E-state index in [9.17, 15) is 9.59 Å². The van der Waals surface area contributed by atoms with Gasteiger partial charge in [0.2, 0.25) is 0 Å². The van der Waals surface area contributed by atoms with Crippen molar-refractivity contribution in [3.05, 3.63) is 131 Å².